The van der Waals surface area contributed by atoms with Crippen LogP contribution in [0.3, 0.4) is 0 Å². The van der Waals surface area contributed by atoms with Crippen molar-refractivity contribution in [1.82, 2.24) is 9.97 Å². The normalized spacial score (nSPS) is 33.7. The van der Waals surface area contributed by atoms with Gasteiger partial charge >= 0.3 is 0 Å². The van der Waals surface area contributed by atoms with Crippen molar-refractivity contribution < 1.29 is 4.74 Å². The van der Waals surface area contributed by atoms with E-state index < -0.39 is 0 Å². The van der Waals surface area contributed by atoms with E-state index in [1.54, 1.807) is 12.4 Å². The number of piperidine rings is 1. The molecule has 1 aromatic rings. The van der Waals surface area contributed by atoms with Crippen LogP contribution in [-0.2, 0) is 4.74 Å². The Balaban J connectivity index is 1.86. The molecule has 0 radical (unpaired) electrons. The van der Waals surface area contributed by atoms with Crippen molar-refractivity contribution in [3.63, 3.8) is 0 Å². The molecule has 0 spiro atoms. The molecule has 2 bridgehead atoms. The van der Waals surface area contributed by atoms with Gasteiger partial charge in [0.05, 0.1) is 12.1 Å². The van der Waals surface area contributed by atoms with Gasteiger partial charge in [0.15, 0.2) is 0 Å². The van der Waals surface area contributed by atoms with Gasteiger partial charge in [-0.3, -0.25) is 0 Å². The monoisotopic (exact) mass is 205 g/mol. The first-order valence-electron chi connectivity index (χ1n) is 5.46. The lowest BCUT2D eigenvalue weighted by Gasteiger charge is -2.26. The van der Waals surface area contributed by atoms with E-state index >= 15 is 0 Å². The van der Waals surface area contributed by atoms with Crippen LogP contribution in [0.1, 0.15) is 12.8 Å². The summed E-state index contributed by atoms with van der Waals surface area (Å²) >= 11 is 0. The molecule has 1 aliphatic heterocycles. The van der Waals surface area contributed by atoms with E-state index in [0.717, 1.165) is 12.5 Å². The van der Waals surface area contributed by atoms with E-state index in [2.05, 4.69) is 14.9 Å². The molecule has 3 atom stereocenters. The standard InChI is InChI=1S/C11H15N3O/c1-15-10-8-3-4-9(10)14(7-8)11-12-5-2-6-13-11/h2,5-6,8-10H,3-4,7H2,1H3/t8-,9+,10+/m0/s1. The Labute approximate surface area is 89.3 Å². The fourth-order valence-corrected chi connectivity index (χ4v) is 2.96. The third kappa shape index (κ3) is 1.32. The Morgan fingerprint density at radius 3 is 2.80 bits per heavy atom. The molecule has 3 rings (SSSR count). The smallest absolute Gasteiger partial charge is 0.225 e. The molecular weight excluding hydrogens is 190 g/mol. The average molecular weight is 205 g/mol. The zero-order valence-corrected chi connectivity index (χ0v) is 8.84. The van der Waals surface area contributed by atoms with E-state index in [9.17, 15) is 0 Å². The number of methoxy groups -OCH3 is 1. The second-order valence-corrected chi connectivity index (χ2v) is 4.31. The van der Waals surface area contributed by atoms with Crippen LogP contribution >= 0.6 is 0 Å². The highest BCUT2D eigenvalue weighted by molar-refractivity contribution is 5.36. The summed E-state index contributed by atoms with van der Waals surface area (Å²) in [6.07, 6.45) is 6.48. The summed E-state index contributed by atoms with van der Waals surface area (Å²) in [5.41, 5.74) is 0. The van der Waals surface area contributed by atoms with E-state index in [-0.39, 0.29) is 0 Å². The summed E-state index contributed by atoms with van der Waals surface area (Å²) < 4.78 is 5.55. The van der Waals surface area contributed by atoms with Crippen molar-refractivity contribution in [2.75, 3.05) is 18.6 Å². The lowest BCUT2D eigenvalue weighted by atomic mass is 10.1. The van der Waals surface area contributed by atoms with E-state index in [1.807, 2.05) is 13.2 Å². The molecule has 2 fully saturated rings. The van der Waals surface area contributed by atoms with Crippen LogP contribution in [-0.4, -0.2) is 35.8 Å². The Hall–Kier alpha value is -1.16. The number of nitrogens with zero attached hydrogens (tertiary/aromatic N) is 3. The van der Waals surface area contributed by atoms with Crippen molar-refractivity contribution in [2.24, 2.45) is 5.92 Å². The second-order valence-electron chi connectivity index (χ2n) is 4.31. The molecule has 2 aliphatic rings. The molecule has 4 nitrogen and oxygen atoms in total. The molecule has 1 saturated heterocycles. The number of fused-ring (bicyclic) bond motifs is 2. The highest BCUT2D eigenvalue weighted by Crippen LogP contribution is 2.40. The summed E-state index contributed by atoms with van der Waals surface area (Å²) in [4.78, 5) is 10.9. The maximum Gasteiger partial charge on any atom is 0.225 e. The van der Waals surface area contributed by atoms with Crippen LogP contribution in [0.4, 0.5) is 5.95 Å². The first-order valence-corrected chi connectivity index (χ1v) is 5.46. The fourth-order valence-electron chi connectivity index (χ4n) is 2.96. The Kier molecular flexibility index (Phi) is 2.09. The summed E-state index contributed by atoms with van der Waals surface area (Å²) in [5, 5.41) is 0. The van der Waals surface area contributed by atoms with Gasteiger partial charge in [0.1, 0.15) is 0 Å². The van der Waals surface area contributed by atoms with E-state index in [1.165, 1.54) is 12.8 Å². The molecule has 0 N–H and O–H groups in total. The first-order chi connectivity index (χ1) is 7.40. The van der Waals surface area contributed by atoms with Gasteiger partial charge < -0.3 is 9.64 Å². The molecule has 80 valence electrons. The highest BCUT2D eigenvalue weighted by atomic mass is 16.5. The number of aromatic nitrogens is 2. The number of ether oxygens (including phenoxy) is 1. The van der Waals surface area contributed by atoms with Gasteiger partial charge in [-0.1, -0.05) is 0 Å². The van der Waals surface area contributed by atoms with Gasteiger partial charge in [-0.2, -0.15) is 0 Å². The fraction of sp³-hybridized carbons (Fsp3) is 0.636. The molecule has 4 heteroatoms. The third-order valence-electron chi connectivity index (χ3n) is 3.59. The summed E-state index contributed by atoms with van der Waals surface area (Å²) in [6, 6.07) is 2.34. The number of anilines is 1. The molecule has 1 saturated carbocycles. The van der Waals surface area contributed by atoms with Gasteiger partial charge in [0, 0.05) is 32.0 Å². The van der Waals surface area contributed by atoms with E-state index in [0.29, 0.717) is 18.1 Å². The number of hydrogen-bond acceptors (Lipinski definition) is 4. The van der Waals surface area contributed by atoms with Crippen molar-refractivity contribution in [2.45, 2.75) is 25.0 Å². The molecule has 0 unspecified atom stereocenters. The Bertz CT molecular complexity index is 343. The quantitative estimate of drug-likeness (QED) is 0.724. The van der Waals surface area contributed by atoms with Gasteiger partial charge in [-0.15, -0.1) is 0 Å². The lowest BCUT2D eigenvalue weighted by Crippen LogP contribution is -2.36. The molecular formula is C11H15N3O. The Morgan fingerprint density at radius 2 is 2.13 bits per heavy atom. The molecule has 0 amide bonds. The SMILES string of the molecule is CO[C@@H]1[C@H]2CC[C@H]1N(c1ncccn1)C2. The zero-order valence-electron chi connectivity index (χ0n) is 8.84. The lowest BCUT2D eigenvalue weighted by molar-refractivity contribution is 0.0853. The topological polar surface area (TPSA) is 38.2 Å². The van der Waals surface area contributed by atoms with Crippen molar-refractivity contribution in [1.29, 1.82) is 0 Å². The van der Waals surface area contributed by atoms with E-state index in [4.69, 9.17) is 4.74 Å². The summed E-state index contributed by atoms with van der Waals surface area (Å²) in [6.45, 7) is 1.05. The van der Waals surface area contributed by atoms with Crippen LogP contribution in [0, 0.1) is 5.92 Å². The van der Waals surface area contributed by atoms with Crippen molar-refractivity contribution >= 4 is 5.95 Å². The van der Waals surface area contributed by atoms with Crippen LogP contribution in [0.15, 0.2) is 18.5 Å². The van der Waals surface area contributed by atoms with Crippen LogP contribution in [0.2, 0.25) is 0 Å². The largest absolute Gasteiger partial charge is 0.379 e. The van der Waals surface area contributed by atoms with Gasteiger partial charge in [-0.25, -0.2) is 9.97 Å². The van der Waals surface area contributed by atoms with Crippen LogP contribution in [0.25, 0.3) is 0 Å². The number of rotatable bonds is 2. The molecule has 1 aromatic heterocycles. The van der Waals surface area contributed by atoms with Crippen molar-refractivity contribution in [3.05, 3.63) is 18.5 Å². The second kappa shape index (κ2) is 3.45. The Morgan fingerprint density at radius 1 is 1.33 bits per heavy atom. The third-order valence-corrected chi connectivity index (χ3v) is 3.59. The predicted octanol–water partition coefficient (Wildman–Crippen LogP) is 1.09. The number of hydrogen-bond donors (Lipinski definition) is 0. The van der Waals surface area contributed by atoms with Crippen molar-refractivity contribution in [3.8, 4) is 0 Å². The highest BCUT2D eigenvalue weighted by Gasteiger charge is 2.47. The van der Waals surface area contributed by atoms with Gasteiger partial charge in [-0.05, 0) is 18.9 Å². The molecule has 15 heavy (non-hydrogen) atoms. The maximum atomic E-state index is 5.55. The van der Waals surface area contributed by atoms with Crippen LogP contribution < -0.4 is 4.90 Å². The minimum absolute atomic E-state index is 0.383. The van der Waals surface area contributed by atoms with Gasteiger partial charge in [0.25, 0.3) is 0 Å². The minimum Gasteiger partial charge on any atom is -0.379 e. The molecule has 0 aromatic carbocycles. The first kappa shape index (κ1) is 9.09. The average Bonchev–Trinajstić information content (AvgIpc) is 2.86. The predicted molar refractivity (Wildman–Crippen MR) is 56.7 cm³/mol. The maximum absolute atomic E-state index is 5.55. The minimum atomic E-state index is 0.383. The summed E-state index contributed by atoms with van der Waals surface area (Å²) in [5.74, 6) is 1.52. The molecule has 1 aliphatic carbocycles. The van der Waals surface area contributed by atoms with Gasteiger partial charge in [0.2, 0.25) is 5.95 Å². The molecule has 2 heterocycles. The zero-order chi connectivity index (χ0) is 10.3. The summed E-state index contributed by atoms with van der Waals surface area (Å²) in [7, 11) is 1.81. The van der Waals surface area contributed by atoms with Crippen LogP contribution in [0.5, 0.6) is 0 Å².